The van der Waals surface area contributed by atoms with Gasteiger partial charge in [-0.2, -0.15) is 5.10 Å². The van der Waals surface area contributed by atoms with Crippen LogP contribution in [0.4, 0.5) is 0 Å². The highest BCUT2D eigenvalue weighted by atomic mass is 15.3. The lowest BCUT2D eigenvalue weighted by Gasteiger charge is -2.12. The first-order valence-electron chi connectivity index (χ1n) is 7.95. The van der Waals surface area contributed by atoms with Gasteiger partial charge in [0.2, 0.25) is 0 Å². The van der Waals surface area contributed by atoms with Crippen LogP contribution in [0.5, 0.6) is 0 Å². The molecule has 0 radical (unpaired) electrons. The van der Waals surface area contributed by atoms with E-state index in [2.05, 4.69) is 56.7 Å². The molecule has 0 aliphatic carbocycles. The number of aromatic nitrogens is 2. The van der Waals surface area contributed by atoms with E-state index in [1.807, 2.05) is 0 Å². The Labute approximate surface area is 124 Å². The SMILES string of the molecule is CCc1nn(CCN(C)C)c(CC)c1CCNC(C)C. The standard InChI is InChI=1S/C16H32N4/c1-7-15-14(9-10-17-13(3)4)16(8-2)20(18-15)12-11-19(5)6/h13,17H,7-12H2,1-6H3. The van der Waals surface area contributed by atoms with Crippen LogP contribution >= 0.6 is 0 Å². The second-order valence-electron chi connectivity index (χ2n) is 5.96. The van der Waals surface area contributed by atoms with Crippen molar-refractivity contribution < 1.29 is 0 Å². The Morgan fingerprint density at radius 2 is 1.90 bits per heavy atom. The van der Waals surface area contributed by atoms with E-state index in [1.54, 1.807) is 0 Å². The lowest BCUT2D eigenvalue weighted by Crippen LogP contribution is -2.25. The van der Waals surface area contributed by atoms with Crippen LogP contribution in [0.3, 0.4) is 0 Å². The van der Waals surface area contributed by atoms with Gasteiger partial charge >= 0.3 is 0 Å². The Morgan fingerprint density at radius 1 is 1.20 bits per heavy atom. The van der Waals surface area contributed by atoms with E-state index in [9.17, 15) is 0 Å². The molecule has 0 aliphatic rings. The molecule has 4 heteroatoms. The summed E-state index contributed by atoms with van der Waals surface area (Å²) >= 11 is 0. The van der Waals surface area contributed by atoms with Gasteiger partial charge in [0.15, 0.2) is 0 Å². The molecule has 1 rings (SSSR count). The zero-order valence-electron chi connectivity index (χ0n) is 14.2. The molecule has 0 aliphatic heterocycles. The minimum absolute atomic E-state index is 0.550. The quantitative estimate of drug-likeness (QED) is 0.752. The molecule has 0 aromatic carbocycles. The molecular formula is C16H32N4. The van der Waals surface area contributed by atoms with E-state index in [0.29, 0.717) is 6.04 Å². The molecule has 0 spiro atoms. The van der Waals surface area contributed by atoms with Gasteiger partial charge in [-0.05, 0) is 45.5 Å². The highest BCUT2D eigenvalue weighted by Crippen LogP contribution is 2.17. The molecule has 0 bridgehead atoms. The van der Waals surface area contributed by atoms with Crippen molar-refractivity contribution in [2.24, 2.45) is 0 Å². The maximum Gasteiger partial charge on any atom is 0.0657 e. The number of likely N-dealkylation sites (N-methyl/N-ethyl adjacent to an activating group) is 1. The topological polar surface area (TPSA) is 33.1 Å². The van der Waals surface area contributed by atoms with Crippen LogP contribution in [0.2, 0.25) is 0 Å². The summed E-state index contributed by atoms with van der Waals surface area (Å²) in [5, 5.41) is 8.34. The maximum absolute atomic E-state index is 4.83. The number of hydrogen-bond acceptors (Lipinski definition) is 3. The third kappa shape index (κ3) is 4.91. The first-order valence-corrected chi connectivity index (χ1v) is 7.95. The summed E-state index contributed by atoms with van der Waals surface area (Å²) in [6.07, 6.45) is 3.18. The van der Waals surface area contributed by atoms with Crippen LogP contribution in [-0.2, 0) is 25.8 Å². The maximum atomic E-state index is 4.83. The molecule has 1 aromatic heterocycles. The predicted molar refractivity (Wildman–Crippen MR) is 86.4 cm³/mol. The fourth-order valence-corrected chi connectivity index (χ4v) is 2.52. The van der Waals surface area contributed by atoms with Crippen molar-refractivity contribution >= 4 is 0 Å². The third-order valence-corrected chi connectivity index (χ3v) is 3.61. The minimum atomic E-state index is 0.550. The van der Waals surface area contributed by atoms with E-state index in [4.69, 9.17) is 5.10 Å². The Balaban J connectivity index is 2.84. The van der Waals surface area contributed by atoms with Crippen molar-refractivity contribution in [1.82, 2.24) is 20.0 Å². The summed E-state index contributed by atoms with van der Waals surface area (Å²) in [5.41, 5.74) is 4.18. The highest BCUT2D eigenvalue weighted by Gasteiger charge is 2.15. The summed E-state index contributed by atoms with van der Waals surface area (Å²) in [5.74, 6) is 0. The average Bonchev–Trinajstić information content (AvgIpc) is 2.73. The van der Waals surface area contributed by atoms with Gasteiger partial charge in [-0.1, -0.05) is 27.7 Å². The number of nitrogens with zero attached hydrogens (tertiary/aromatic N) is 3. The average molecular weight is 280 g/mol. The van der Waals surface area contributed by atoms with Gasteiger partial charge in [0, 0.05) is 18.3 Å². The number of aryl methyl sites for hydroxylation is 1. The first kappa shape index (κ1) is 17.2. The minimum Gasteiger partial charge on any atom is -0.314 e. The van der Waals surface area contributed by atoms with E-state index >= 15 is 0 Å². The van der Waals surface area contributed by atoms with Crippen molar-refractivity contribution in [3.63, 3.8) is 0 Å². The van der Waals surface area contributed by atoms with Gasteiger partial charge in [-0.25, -0.2) is 0 Å². The third-order valence-electron chi connectivity index (χ3n) is 3.61. The largest absolute Gasteiger partial charge is 0.314 e. The van der Waals surface area contributed by atoms with Crippen LogP contribution in [-0.4, -0.2) is 47.9 Å². The van der Waals surface area contributed by atoms with E-state index in [-0.39, 0.29) is 0 Å². The van der Waals surface area contributed by atoms with Crippen LogP contribution in [0.15, 0.2) is 0 Å². The molecule has 4 nitrogen and oxygen atoms in total. The molecule has 0 amide bonds. The van der Waals surface area contributed by atoms with Crippen LogP contribution < -0.4 is 5.32 Å². The summed E-state index contributed by atoms with van der Waals surface area (Å²) in [7, 11) is 4.23. The predicted octanol–water partition coefficient (Wildman–Crippen LogP) is 2.11. The Bertz CT molecular complexity index is 393. The molecule has 0 saturated heterocycles. The van der Waals surface area contributed by atoms with Crippen molar-refractivity contribution in [3.05, 3.63) is 17.0 Å². The molecule has 1 N–H and O–H groups in total. The lowest BCUT2D eigenvalue weighted by atomic mass is 10.1. The molecule has 0 unspecified atom stereocenters. The zero-order valence-corrected chi connectivity index (χ0v) is 14.2. The van der Waals surface area contributed by atoms with Crippen molar-refractivity contribution in [2.75, 3.05) is 27.2 Å². The Morgan fingerprint density at radius 3 is 2.40 bits per heavy atom. The monoisotopic (exact) mass is 280 g/mol. The van der Waals surface area contributed by atoms with E-state index in [1.165, 1.54) is 17.0 Å². The van der Waals surface area contributed by atoms with Crippen molar-refractivity contribution in [1.29, 1.82) is 0 Å². The van der Waals surface area contributed by atoms with Gasteiger partial charge in [0.25, 0.3) is 0 Å². The van der Waals surface area contributed by atoms with Crippen molar-refractivity contribution in [2.45, 2.75) is 59.5 Å². The second-order valence-corrected chi connectivity index (χ2v) is 5.96. The molecule has 0 saturated carbocycles. The lowest BCUT2D eigenvalue weighted by molar-refractivity contribution is 0.369. The highest BCUT2D eigenvalue weighted by molar-refractivity contribution is 5.27. The molecule has 0 fully saturated rings. The van der Waals surface area contributed by atoms with Gasteiger partial charge in [0.05, 0.1) is 12.2 Å². The van der Waals surface area contributed by atoms with E-state index in [0.717, 1.165) is 38.9 Å². The van der Waals surface area contributed by atoms with Gasteiger partial charge in [-0.15, -0.1) is 0 Å². The van der Waals surface area contributed by atoms with Crippen LogP contribution in [0.25, 0.3) is 0 Å². The molecule has 116 valence electrons. The zero-order chi connectivity index (χ0) is 15.1. The summed E-state index contributed by atoms with van der Waals surface area (Å²) in [6.45, 7) is 11.9. The molecule has 1 heterocycles. The Hall–Kier alpha value is -0.870. The van der Waals surface area contributed by atoms with Crippen molar-refractivity contribution in [3.8, 4) is 0 Å². The Kier molecular flexibility index (Phi) is 7.24. The summed E-state index contributed by atoms with van der Waals surface area (Å²) in [6, 6.07) is 0.550. The smallest absolute Gasteiger partial charge is 0.0657 e. The number of nitrogens with one attached hydrogen (secondary N) is 1. The van der Waals surface area contributed by atoms with Gasteiger partial charge in [-0.3, -0.25) is 4.68 Å². The van der Waals surface area contributed by atoms with E-state index < -0.39 is 0 Å². The van der Waals surface area contributed by atoms with Gasteiger partial charge in [0.1, 0.15) is 0 Å². The second kappa shape index (κ2) is 8.42. The fourth-order valence-electron chi connectivity index (χ4n) is 2.52. The number of hydrogen-bond donors (Lipinski definition) is 1. The molecule has 1 aromatic rings. The summed E-state index contributed by atoms with van der Waals surface area (Å²) < 4.78 is 2.23. The molecule has 0 atom stereocenters. The molecule has 20 heavy (non-hydrogen) atoms. The number of rotatable bonds is 9. The van der Waals surface area contributed by atoms with Gasteiger partial charge < -0.3 is 10.2 Å². The first-order chi connectivity index (χ1) is 9.49. The normalized spacial score (nSPS) is 11.8. The van der Waals surface area contributed by atoms with Crippen LogP contribution in [0.1, 0.15) is 44.6 Å². The molecular weight excluding hydrogens is 248 g/mol. The summed E-state index contributed by atoms with van der Waals surface area (Å²) in [4.78, 5) is 2.22. The van der Waals surface area contributed by atoms with Crippen LogP contribution in [0, 0.1) is 0 Å². The fraction of sp³-hybridized carbons (Fsp3) is 0.812.